The Morgan fingerprint density at radius 2 is 1.38 bits per heavy atom. The van der Waals surface area contributed by atoms with Crippen LogP contribution in [0.1, 0.15) is 30.9 Å². The second kappa shape index (κ2) is 7.22. The van der Waals surface area contributed by atoms with Crippen LogP contribution >= 0.6 is 0 Å². The zero-order valence-electron chi connectivity index (χ0n) is 17.1. The Balaban J connectivity index is 0.00000205. The number of halogens is 1. The molecule has 2 aromatic rings. The number of morpholine rings is 1. The van der Waals surface area contributed by atoms with Gasteiger partial charge in [0, 0.05) is 12.8 Å². The first-order valence-electron chi connectivity index (χ1n) is 10.2. The normalized spacial score (nSPS) is 31.3. The molecule has 154 valence electrons. The van der Waals surface area contributed by atoms with E-state index < -0.39 is 5.41 Å². The maximum Gasteiger partial charge on any atom is 0.321 e. The number of likely N-dealkylation sites (N-methyl/N-ethyl adjacent to an activating group) is 1. The lowest BCUT2D eigenvalue weighted by atomic mass is 9.76. The highest BCUT2D eigenvalue weighted by atomic mass is 79.9. The number of piperidine rings is 1. The fourth-order valence-electron chi connectivity index (χ4n) is 5.52. The molecule has 0 aliphatic carbocycles. The average Bonchev–Trinajstić information content (AvgIpc) is 3.47. The molecule has 0 N–H and O–H groups in total. The Morgan fingerprint density at radius 1 is 0.931 bits per heavy atom. The SMILES string of the molecule is CC(C(=O)OC1C[C@@H]2[C@H]3O[C@H]3[C@H](C1)[N+]2(C)C)(c1ccccc1)c1ccccc1.[Br-]. The van der Waals surface area contributed by atoms with Crippen molar-refractivity contribution < 1.29 is 35.7 Å². The van der Waals surface area contributed by atoms with E-state index in [4.69, 9.17) is 9.47 Å². The first kappa shape index (κ1) is 20.6. The number of hydrogen-bond acceptors (Lipinski definition) is 3. The van der Waals surface area contributed by atoms with Gasteiger partial charge in [0.15, 0.2) is 0 Å². The van der Waals surface area contributed by atoms with E-state index >= 15 is 0 Å². The standard InChI is InChI=1S/C24H28NO3.BrH/c1-24(16-10-6-4-7-11-16,17-12-8-5-9-13-17)23(26)27-18-14-19-21-22(28-21)20(15-18)25(19,2)3;/h4-13,18-22H,14-15H2,1-3H3;1H/q+1;/p-1/t18?,19-,20+,21-,22+;. The van der Waals surface area contributed by atoms with Crippen LogP contribution in [-0.4, -0.2) is 54.9 Å². The second-order valence-electron chi connectivity index (χ2n) is 9.18. The first-order chi connectivity index (χ1) is 13.4. The molecule has 0 spiro atoms. The molecule has 5 atom stereocenters. The number of hydrogen-bond donors (Lipinski definition) is 0. The van der Waals surface area contributed by atoms with Crippen LogP contribution in [0.15, 0.2) is 60.7 Å². The van der Waals surface area contributed by atoms with Gasteiger partial charge in [-0.2, -0.15) is 0 Å². The van der Waals surface area contributed by atoms with Gasteiger partial charge >= 0.3 is 5.97 Å². The molecule has 3 heterocycles. The van der Waals surface area contributed by atoms with Crippen molar-refractivity contribution in [3.63, 3.8) is 0 Å². The molecule has 3 aliphatic heterocycles. The fourth-order valence-corrected chi connectivity index (χ4v) is 5.52. The van der Waals surface area contributed by atoms with Gasteiger partial charge < -0.3 is 30.9 Å². The molecule has 0 saturated carbocycles. The molecule has 0 aromatic heterocycles. The van der Waals surface area contributed by atoms with Crippen molar-refractivity contribution in [2.24, 2.45) is 0 Å². The molecule has 3 fully saturated rings. The molecular weight excluding hydrogens is 430 g/mol. The quantitative estimate of drug-likeness (QED) is 0.376. The van der Waals surface area contributed by atoms with Crippen LogP contribution in [0.2, 0.25) is 0 Å². The molecule has 5 heteroatoms. The van der Waals surface area contributed by atoms with Gasteiger partial charge in [-0.15, -0.1) is 0 Å². The summed E-state index contributed by atoms with van der Waals surface area (Å²) >= 11 is 0. The minimum absolute atomic E-state index is 0. The van der Waals surface area contributed by atoms with E-state index in [1.165, 1.54) is 0 Å². The molecule has 0 amide bonds. The number of ether oxygens (including phenoxy) is 2. The molecule has 1 unspecified atom stereocenters. The third kappa shape index (κ3) is 3.15. The third-order valence-electron chi connectivity index (χ3n) is 7.42. The topological polar surface area (TPSA) is 38.8 Å². The van der Waals surface area contributed by atoms with Gasteiger partial charge in [-0.1, -0.05) is 60.7 Å². The van der Waals surface area contributed by atoms with Crippen molar-refractivity contribution in [2.75, 3.05) is 14.1 Å². The van der Waals surface area contributed by atoms with E-state index in [-0.39, 0.29) is 29.1 Å². The second-order valence-corrected chi connectivity index (χ2v) is 9.18. The molecular formula is C24H28BrNO3. The summed E-state index contributed by atoms with van der Waals surface area (Å²) in [6.45, 7) is 1.98. The lowest BCUT2D eigenvalue weighted by molar-refractivity contribution is -0.938. The molecule has 2 aromatic carbocycles. The summed E-state index contributed by atoms with van der Waals surface area (Å²) in [4.78, 5) is 13.6. The lowest BCUT2D eigenvalue weighted by Gasteiger charge is -2.45. The first-order valence-corrected chi connectivity index (χ1v) is 10.2. The molecule has 3 saturated heterocycles. The number of quaternary nitrogens is 1. The van der Waals surface area contributed by atoms with Crippen LogP contribution in [0, 0.1) is 0 Å². The highest BCUT2D eigenvalue weighted by Gasteiger charge is 2.70. The Kier molecular flexibility index (Phi) is 5.12. The van der Waals surface area contributed by atoms with Gasteiger partial charge in [-0.05, 0) is 18.1 Å². The summed E-state index contributed by atoms with van der Waals surface area (Å²) in [5, 5.41) is 0. The Bertz CT molecular complexity index is 826. The van der Waals surface area contributed by atoms with Crippen molar-refractivity contribution in [1.82, 2.24) is 0 Å². The van der Waals surface area contributed by atoms with Gasteiger partial charge in [0.1, 0.15) is 35.8 Å². The van der Waals surface area contributed by atoms with Crippen LogP contribution in [0.5, 0.6) is 0 Å². The summed E-state index contributed by atoms with van der Waals surface area (Å²) in [5.74, 6) is -0.156. The van der Waals surface area contributed by atoms with Gasteiger partial charge in [0.05, 0.1) is 14.1 Å². The van der Waals surface area contributed by atoms with Gasteiger partial charge in [-0.3, -0.25) is 4.79 Å². The molecule has 29 heavy (non-hydrogen) atoms. The monoisotopic (exact) mass is 457 g/mol. The van der Waals surface area contributed by atoms with Crippen LogP contribution in [-0.2, 0) is 19.7 Å². The van der Waals surface area contributed by atoms with Gasteiger partial charge in [0.25, 0.3) is 0 Å². The molecule has 0 radical (unpaired) electrons. The Hall–Kier alpha value is -1.69. The maximum atomic E-state index is 13.6. The lowest BCUT2D eigenvalue weighted by Crippen LogP contribution is -3.00. The van der Waals surface area contributed by atoms with Crippen molar-refractivity contribution in [1.29, 1.82) is 0 Å². The molecule has 5 rings (SSSR count). The van der Waals surface area contributed by atoms with E-state index in [9.17, 15) is 4.79 Å². The zero-order chi connectivity index (χ0) is 19.5. The van der Waals surface area contributed by atoms with E-state index in [0.29, 0.717) is 24.3 Å². The zero-order valence-corrected chi connectivity index (χ0v) is 18.7. The van der Waals surface area contributed by atoms with Crippen molar-refractivity contribution in [2.45, 2.75) is 55.6 Å². The predicted molar refractivity (Wildman–Crippen MR) is 107 cm³/mol. The van der Waals surface area contributed by atoms with E-state index in [1.807, 2.05) is 67.6 Å². The van der Waals surface area contributed by atoms with Crippen molar-refractivity contribution in [3.8, 4) is 0 Å². The number of nitrogens with zero attached hydrogens (tertiary/aromatic N) is 1. The van der Waals surface area contributed by atoms with E-state index in [0.717, 1.165) is 28.5 Å². The Labute approximate surface area is 183 Å². The number of esters is 1. The van der Waals surface area contributed by atoms with Crippen molar-refractivity contribution in [3.05, 3.63) is 71.8 Å². The summed E-state index contributed by atoms with van der Waals surface area (Å²) in [7, 11) is 4.59. The van der Waals surface area contributed by atoms with Crippen LogP contribution < -0.4 is 17.0 Å². The minimum Gasteiger partial charge on any atom is -1.00 e. The summed E-state index contributed by atoms with van der Waals surface area (Å²) in [6, 6.07) is 20.8. The summed E-state index contributed by atoms with van der Waals surface area (Å²) < 4.78 is 13.1. The largest absolute Gasteiger partial charge is 1.00 e. The minimum atomic E-state index is -0.817. The number of rotatable bonds is 4. The van der Waals surface area contributed by atoms with Crippen LogP contribution in [0.25, 0.3) is 0 Å². The number of carbonyl (C=O) groups is 1. The van der Waals surface area contributed by atoms with Gasteiger partial charge in [-0.25, -0.2) is 0 Å². The fraction of sp³-hybridized carbons (Fsp3) is 0.458. The molecule has 3 aliphatic rings. The molecule has 2 bridgehead atoms. The average molecular weight is 458 g/mol. The number of epoxide rings is 1. The number of fused-ring (bicyclic) bond motifs is 5. The van der Waals surface area contributed by atoms with Gasteiger partial charge in [0.2, 0.25) is 0 Å². The highest BCUT2D eigenvalue weighted by Crippen LogP contribution is 2.52. The maximum absolute atomic E-state index is 13.6. The number of benzene rings is 2. The third-order valence-corrected chi connectivity index (χ3v) is 7.42. The number of carbonyl (C=O) groups excluding carboxylic acids is 1. The summed E-state index contributed by atoms with van der Waals surface area (Å²) in [5.41, 5.74) is 1.11. The van der Waals surface area contributed by atoms with Crippen LogP contribution in [0.3, 0.4) is 0 Å². The van der Waals surface area contributed by atoms with E-state index in [1.54, 1.807) is 0 Å². The van der Waals surface area contributed by atoms with Crippen molar-refractivity contribution >= 4 is 5.97 Å². The van der Waals surface area contributed by atoms with E-state index in [2.05, 4.69) is 14.1 Å². The Morgan fingerprint density at radius 3 is 1.83 bits per heavy atom. The highest BCUT2D eigenvalue weighted by molar-refractivity contribution is 5.87. The van der Waals surface area contributed by atoms with Crippen LogP contribution in [0.4, 0.5) is 0 Å². The smallest absolute Gasteiger partial charge is 0.321 e. The predicted octanol–water partition coefficient (Wildman–Crippen LogP) is 0.297. The molecule has 4 nitrogen and oxygen atoms in total. The summed E-state index contributed by atoms with van der Waals surface area (Å²) in [6.07, 6.45) is 2.46.